The Balaban J connectivity index is 1.87. The lowest BCUT2D eigenvalue weighted by atomic mass is 10.0. The van der Waals surface area contributed by atoms with Gasteiger partial charge >= 0.3 is 5.97 Å². The number of aryl methyl sites for hydroxylation is 1. The summed E-state index contributed by atoms with van der Waals surface area (Å²) in [5.41, 5.74) is 7.69. The van der Waals surface area contributed by atoms with E-state index in [4.69, 9.17) is 17.3 Å². The Morgan fingerprint density at radius 2 is 2.17 bits per heavy atom. The fourth-order valence-corrected chi connectivity index (χ4v) is 3.14. The number of nitrogens with two attached hydrogens (primary N) is 1. The van der Waals surface area contributed by atoms with Gasteiger partial charge in [-0.05, 0) is 56.8 Å². The average Bonchev–Trinajstić information content (AvgIpc) is 2.54. The summed E-state index contributed by atoms with van der Waals surface area (Å²) in [6.45, 7) is 4.33. The van der Waals surface area contributed by atoms with Crippen LogP contribution in [0.4, 0.5) is 5.69 Å². The highest BCUT2D eigenvalue weighted by molar-refractivity contribution is 6.31. The summed E-state index contributed by atoms with van der Waals surface area (Å²) in [7, 11) is 0. The van der Waals surface area contributed by atoms with Crippen LogP contribution in [0, 0.1) is 6.92 Å². The Morgan fingerprint density at radius 3 is 2.74 bits per heavy atom. The van der Waals surface area contributed by atoms with Crippen molar-refractivity contribution >= 4 is 23.3 Å². The van der Waals surface area contributed by atoms with E-state index < -0.39 is 12.0 Å². The molecule has 1 fully saturated rings. The van der Waals surface area contributed by atoms with Crippen LogP contribution in [0.1, 0.15) is 31.2 Å². The van der Waals surface area contributed by atoms with Crippen molar-refractivity contribution in [1.29, 1.82) is 0 Å². The Kier molecular flexibility index (Phi) is 6.69. The second-order valence-electron chi connectivity index (χ2n) is 6.18. The maximum absolute atomic E-state index is 11.3. The minimum atomic E-state index is -0.786. The van der Waals surface area contributed by atoms with Crippen LogP contribution in [0.3, 0.4) is 0 Å². The molecule has 23 heavy (non-hydrogen) atoms. The normalized spacial score (nSPS) is 17.3. The Hall–Kier alpha value is -1.30. The van der Waals surface area contributed by atoms with Gasteiger partial charge in [0.05, 0.1) is 0 Å². The van der Waals surface area contributed by atoms with Crippen molar-refractivity contribution in [2.75, 3.05) is 24.5 Å². The molecule has 0 amide bonds. The number of hydrogen-bond donors (Lipinski definition) is 3. The van der Waals surface area contributed by atoms with Crippen LogP contribution < -0.4 is 16.0 Å². The number of anilines is 1. The SMILES string of the molecule is Cc1ccc(N2CCC(N[C@@H](CCCN)C(=O)O)CC2)cc1Cl. The predicted octanol–water partition coefficient (Wildman–Crippen LogP) is 2.40. The lowest BCUT2D eigenvalue weighted by molar-refractivity contribution is -0.140. The van der Waals surface area contributed by atoms with Crippen molar-refractivity contribution in [2.24, 2.45) is 5.73 Å². The number of aliphatic carboxylic acids is 1. The molecule has 1 aliphatic heterocycles. The van der Waals surface area contributed by atoms with Crippen molar-refractivity contribution in [2.45, 2.75) is 44.7 Å². The predicted molar refractivity (Wildman–Crippen MR) is 94.3 cm³/mol. The average molecular weight is 340 g/mol. The maximum Gasteiger partial charge on any atom is 0.320 e. The summed E-state index contributed by atoms with van der Waals surface area (Å²) in [6.07, 6.45) is 3.17. The molecule has 0 unspecified atom stereocenters. The monoisotopic (exact) mass is 339 g/mol. The van der Waals surface area contributed by atoms with Gasteiger partial charge in [-0.1, -0.05) is 17.7 Å². The number of piperidine rings is 1. The Labute approximate surface area is 142 Å². The first kappa shape index (κ1) is 18.0. The van der Waals surface area contributed by atoms with E-state index in [0.29, 0.717) is 13.0 Å². The molecule has 1 atom stereocenters. The topological polar surface area (TPSA) is 78.6 Å². The molecule has 2 rings (SSSR count). The van der Waals surface area contributed by atoms with Gasteiger partial charge in [0.2, 0.25) is 0 Å². The van der Waals surface area contributed by atoms with Gasteiger partial charge in [0.15, 0.2) is 0 Å². The largest absolute Gasteiger partial charge is 0.480 e. The van der Waals surface area contributed by atoms with Crippen LogP contribution in [0.2, 0.25) is 5.02 Å². The number of nitrogens with zero attached hydrogens (tertiary/aromatic N) is 1. The van der Waals surface area contributed by atoms with Crippen LogP contribution in [0.25, 0.3) is 0 Å². The Morgan fingerprint density at radius 1 is 1.48 bits per heavy atom. The number of carbonyl (C=O) groups is 1. The zero-order valence-electron chi connectivity index (χ0n) is 13.6. The molecule has 1 aliphatic rings. The number of benzene rings is 1. The number of rotatable bonds is 7. The molecule has 1 heterocycles. The van der Waals surface area contributed by atoms with E-state index >= 15 is 0 Å². The van der Waals surface area contributed by atoms with E-state index in [1.54, 1.807) is 0 Å². The minimum absolute atomic E-state index is 0.242. The molecule has 0 aromatic heterocycles. The van der Waals surface area contributed by atoms with Crippen molar-refractivity contribution in [1.82, 2.24) is 5.32 Å². The van der Waals surface area contributed by atoms with E-state index in [2.05, 4.69) is 16.3 Å². The van der Waals surface area contributed by atoms with E-state index in [-0.39, 0.29) is 6.04 Å². The van der Waals surface area contributed by atoms with Crippen LogP contribution in [0.5, 0.6) is 0 Å². The zero-order valence-corrected chi connectivity index (χ0v) is 14.4. The highest BCUT2D eigenvalue weighted by Crippen LogP contribution is 2.25. The molecule has 6 heteroatoms. The molecule has 0 radical (unpaired) electrons. The molecule has 1 saturated heterocycles. The standard InChI is InChI=1S/C17H26ClN3O2/c1-12-4-5-14(11-15(12)18)21-9-6-13(7-10-21)20-16(17(22)23)3-2-8-19/h4-5,11,13,16,20H,2-3,6-10,19H2,1H3,(H,22,23)/t16-/m0/s1. The first-order valence-corrected chi connectivity index (χ1v) is 8.59. The molecule has 128 valence electrons. The van der Waals surface area contributed by atoms with Crippen LogP contribution in [-0.2, 0) is 4.79 Å². The first-order chi connectivity index (χ1) is 11.0. The van der Waals surface area contributed by atoms with Crippen LogP contribution >= 0.6 is 11.6 Å². The van der Waals surface area contributed by atoms with Crippen LogP contribution in [0.15, 0.2) is 18.2 Å². The summed E-state index contributed by atoms with van der Waals surface area (Å²) in [5.74, 6) is -0.786. The van der Waals surface area contributed by atoms with Gasteiger partial charge in [0.25, 0.3) is 0 Å². The molecule has 1 aromatic carbocycles. The lowest BCUT2D eigenvalue weighted by Gasteiger charge is -2.35. The van der Waals surface area contributed by atoms with Crippen molar-refractivity contribution < 1.29 is 9.90 Å². The third kappa shape index (κ3) is 5.09. The lowest BCUT2D eigenvalue weighted by Crippen LogP contribution is -2.49. The Bertz CT molecular complexity index is 531. The first-order valence-electron chi connectivity index (χ1n) is 8.21. The highest BCUT2D eigenvalue weighted by atomic mass is 35.5. The fourth-order valence-electron chi connectivity index (χ4n) is 2.97. The number of halogens is 1. The number of carboxylic acid groups (broad SMARTS) is 1. The molecule has 4 N–H and O–H groups in total. The zero-order chi connectivity index (χ0) is 16.8. The molecule has 0 bridgehead atoms. The van der Waals surface area contributed by atoms with E-state index in [1.807, 2.05) is 19.1 Å². The highest BCUT2D eigenvalue weighted by Gasteiger charge is 2.25. The molecule has 0 saturated carbocycles. The van der Waals surface area contributed by atoms with Gasteiger partial charge < -0.3 is 21.1 Å². The molecule has 5 nitrogen and oxygen atoms in total. The second-order valence-corrected chi connectivity index (χ2v) is 6.59. The van der Waals surface area contributed by atoms with Gasteiger partial charge in [0, 0.05) is 29.8 Å². The second kappa shape index (κ2) is 8.52. The van der Waals surface area contributed by atoms with Crippen molar-refractivity contribution in [3.8, 4) is 0 Å². The third-order valence-corrected chi connectivity index (χ3v) is 4.85. The number of nitrogens with one attached hydrogen (secondary N) is 1. The quantitative estimate of drug-likeness (QED) is 0.711. The third-order valence-electron chi connectivity index (χ3n) is 4.45. The van der Waals surface area contributed by atoms with Gasteiger partial charge in [0.1, 0.15) is 6.04 Å². The molecular weight excluding hydrogens is 314 g/mol. The van der Waals surface area contributed by atoms with Crippen LogP contribution in [-0.4, -0.2) is 42.8 Å². The fraction of sp³-hybridized carbons (Fsp3) is 0.588. The molecule has 0 aliphatic carbocycles. The summed E-state index contributed by atoms with van der Waals surface area (Å²) in [5, 5.41) is 13.4. The van der Waals surface area contributed by atoms with Gasteiger partial charge in [-0.2, -0.15) is 0 Å². The summed E-state index contributed by atoms with van der Waals surface area (Å²) in [6, 6.07) is 5.88. The van der Waals surface area contributed by atoms with Crippen molar-refractivity contribution in [3.05, 3.63) is 28.8 Å². The molecule has 0 spiro atoms. The molecular formula is C17H26ClN3O2. The minimum Gasteiger partial charge on any atom is -0.480 e. The van der Waals surface area contributed by atoms with E-state index in [1.165, 1.54) is 0 Å². The van der Waals surface area contributed by atoms with Crippen molar-refractivity contribution in [3.63, 3.8) is 0 Å². The van der Waals surface area contributed by atoms with Gasteiger partial charge in [-0.25, -0.2) is 0 Å². The summed E-state index contributed by atoms with van der Waals surface area (Å²) >= 11 is 6.20. The van der Waals surface area contributed by atoms with Gasteiger partial charge in [-0.3, -0.25) is 4.79 Å². The number of carboxylic acids is 1. The summed E-state index contributed by atoms with van der Waals surface area (Å²) in [4.78, 5) is 13.6. The molecule has 1 aromatic rings. The smallest absolute Gasteiger partial charge is 0.320 e. The number of hydrogen-bond acceptors (Lipinski definition) is 4. The van der Waals surface area contributed by atoms with Gasteiger partial charge in [-0.15, -0.1) is 0 Å². The van der Waals surface area contributed by atoms with E-state index in [0.717, 1.165) is 48.6 Å². The maximum atomic E-state index is 11.3. The van der Waals surface area contributed by atoms with E-state index in [9.17, 15) is 9.90 Å². The summed E-state index contributed by atoms with van der Waals surface area (Å²) < 4.78 is 0.